The van der Waals surface area contributed by atoms with Gasteiger partial charge in [-0.25, -0.2) is 13.2 Å². The normalized spacial score (nSPS) is 17.0. The molecule has 0 bridgehead atoms. The summed E-state index contributed by atoms with van der Waals surface area (Å²) in [5.74, 6) is -2.24. The molecule has 0 N–H and O–H groups in total. The SMILES string of the molecule is O=C(c1ccc(F)cc1F)N1CCCC[C@@H]1c1nc(-c2cccc(F)c2)no1. The van der Waals surface area contributed by atoms with Gasteiger partial charge in [-0.3, -0.25) is 4.79 Å². The number of benzene rings is 2. The van der Waals surface area contributed by atoms with Crippen LogP contribution in [0.3, 0.4) is 0 Å². The molecule has 4 rings (SSSR count). The molecule has 0 unspecified atom stereocenters. The molecular weight excluding hydrogens is 371 g/mol. The summed E-state index contributed by atoms with van der Waals surface area (Å²) < 4.78 is 46.0. The average Bonchev–Trinajstić information content (AvgIpc) is 3.18. The van der Waals surface area contributed by atoms with Gasteiger partial charge >= 0.3 is 0 Å². The number of carbonyl (C=O) groups is 1. The highest BCUT2D eigenvalue weighted by molar-refractivity contribution is 5.94. The second kappa shape index (κ2) is 7.46. The third kappa shape index (κ3) is 3.49. The van der Waals surface area contributed by atoms with E-state index in [4.69, 9.17) is 4.52 Å². The second-order valence-electron chi connectivity index (χ2n) is 6.60. The minimum atomic E-state index is -0.916. The standard InChI is InChI=1S/C20H16F3N3O2/c21-13-5-3-4-12(10-13)18-24-19(28-25-18)17-6-1-2-9-26(17)20(27)15-8-7-14(22)11-16(15)23/h3-5,7-8,10-11,17H,1-2,6,9H2/t17-/m1/s1. The number of aromatic nitrogens is 2. The summed E-state index contributed by atoms with van der Waals surface area (Å²) in [6.07, 6.45) is 2.15. The Morgan fingerprint density at radius 2 is 1.89 bits per heavy atom. The van der Waals surface area contributed by atoms with Crippen molar-refractivity contribution in [1.82, 2.24) is 15.0 Å². The molecule has 1 aliphatic rings. The van der Waals surface area contributed by atoms with Crippen LogP contribution in [0.25, 0.3) is 11.4 Å². The third-order valence-corrected chi connectivity index (χ3v) is 4.73. The minimum Gasteiger partial charge on any atom is -0.337 e. The molecular formula is C20H16F3N3O2. The van der Waals surface area contributed by atoms with E-state index in [1.165, 1.54) is 23.1 Å². The Morgan fingerprint density at radius 3 is 2.68 bits per heavy atom. The molecule has 1 aliphatic heterocycles. The maximum absolute atomic E-state index is 14.1. The summed E-state index contributed by atoms with van der Waals surface area (Å²) in [6.45, 7) is 0.387. The summed E-state index contributed by atoms with van der Waals surface area (Å²) in [5, 5.41) is 3.88. The van der Waals surface area contributed by atoms with Crippen molar-refractivity contribution in [2.24, 2.45) is 0 Å². The number of piperidine rings is 1. The number of carbonyl (C=O) groups excluding carboxylic acids is 1. The lowest BCUT2D eigenvalue weighted by molar-refractivity contribution is 0.0556. The number of hydrogen-bond donors (Lipinski definition) is 0. The van der Waals surface area contributed by atoms with E-state index in [1.807, 2.05) is 0 Å². The Kier molecular flexibility index (Phi) is 4.85. The van der Waals surface area contributed by atoms with Gasteiger partial charge in [0, 0.05) is 18.2 Å². The van der Waals surface area contributed by atoms with Gasteiger partial charge in [0.05, 0.1) is 5.56 Å². The molecule has 1 atom stereocenters. The van der Waals surface area contributed by atoms with Gasteiger partial charge in [-0.15, -0.1) is 0 Å². The third-order valence-electron chi connectivity index (χ3n) is 4.73. The zero-order valence-corrected chi connectivity index (χ0v) is 14.7. The fraction of sp³-hybridized carbons (Fsp3) is 0.250. The summed E-state index contributed by atoms with van der Waals surface area (Å²) >= 11 is 0. The highest BCUT2D eigenvalue weighted by atomic mass is 19.1. The Hall–Kier alpha value is -3.16. The number of nitrogens with zero attached hydrogens (tertiary/aromatic N) is 3. The molecule has 3 aromatic rings. The average molecular weight is 387 g/mol. The number of halogens is 3. The fourth-order valence-corrected chi connectivity index (χ4v) is 3.36. The quantitative estimate of drug-likeness (QED) is 0.663. The highest BCUT2D eigenvalue weighted by Crippen LogP contribution is 2.32. The van der Waals surface area contributed by atoms with Crippen LogP contribution in [-0.2, 0) is 0 Å². The van der Waals surface area contributed by atoms with E-state index >= 15 is 0 Å². The number of hydrogen-bond acceptors (Lipinski definition) is 4. The smallest absolute Gasteiger partial charge is 0.257 e. The predicted octanol–water partition coefficient (Wildman–Crippen LogP) is 4.52. The lowest BCUT2D eigenvalue weighted by Crippen LogP contribution is -2.39. The molecule has 0 saturated carbocycles. The van der Waals surface area contributed by atoms with Gasteiger partial charge in [-0.05, 0) is 43.5 Å². The van der Waals surface area contributed by atoms with E-state index in [-0.39, 0.29) is 17.3 Å². The van der Waals surface area contributed by atoms with Crippen LogP contribution in [0.1, 0.15) is 41.6 Å². The van der Waals surface area contributed by atoms with Crippen molar-refractivity contribution in [3.8, 4) is 11.4 Å². The predicted molar refractivity (Wildman–Crippen MR) is 93.7 cm³/mol. The van der Waals surface area contributed by atoms with Crippen LogP contribution in [0.5, 0.6) is 0 Å². The van der Waals surface area contributed by atoms with Crippen LogP contribution in [0.2, 0.25) is 0 Å². The maximum Gasteiger partial charge on any atom is 0.257 e. The van der Waals surface area contributed by atoms with Crippen LogP contribution < -0.4 is 0 Å². The van der Waals surface area contributed by atoms with E-state index in [1.54, 1.807) is 6.07 Å². The molecule has 1 amide bonds. The van der Waals surface area contributed by atoms with Crippen molar-refractivity contribution in [2.75, 3.05) is 6.54 Å². The lowest BCUT2D eigenvalue weighted by atomic mass is 10.0. The zero-order chi connectivity index (χ0) is 19.7. The van der Waals surface area contributed by atoms with E-state index in [0.29, 0.717) is 24.6 Å². The van der Waals surface area contributed by atoms with Crippen LogP contribution in [-0.4, -0.2) is 27.5 Å². The molecule has 2 aromatic carbocycles. The first-order chi connectivity index (χ1) is 13.5. The summed E-state index contributed by atoms with van der Waals surface area (Å²) in [4.78, 5) is 18.6. The van der Waals surface area contributed by atoms with Gasteiger partial charge in [0.2, 0.25) is 11.7 Å². The van der Waals surface area contributed by atoms with Crippen molar-refractivity contribution in [2.45, 2.75) is 25.3 Å². The van der Waals surface area contributed by atoms with Crippen LogP contribution in [0.4, 0.5) is 13.2 Å². The molecule has 8 heteroatoms. The molecule has 28 heavy (non-hydrogen) atoms. The molecule has 0 spiro atoms. The number of likely N-dealkylation sites (tertiary alicyclic amines) is 1. The molecule has 0 aliphatic carbocycles. The second-order valence-corrected chi connectivity index (χ2v) is 6.60. The molecule has 1 aromatic heterocycles. The minimum absolute atomic E-state index is 0.204. The van der Waals surface area contributed by atoms with E-state index < -0.39 is 29.4 Å². The topological polar surface area (TPSA) is 59.2 Å². The first-order valence-corrected chi connectivity index (χ1v) is 8.88. The Labute approximate surface area is 158 Å². The fourth-order valence-electron chi connectivity index (χ4n) is 3.36. The van der Waals surface area contributed by atoms with Gasteiger partial charge in [0.15, 0.2) is 0 Å². The Bertz CT molecular complexity index is 1020. The van der Waals surface area contributed by atoms with Crippen LogP contribution in [0, 0.1) is 17.5 Å². The Balaban J connectivity index is 1.63. The van der Waals surface area contributed by atoms with E-state index in [0.717, 1.165) is 25.0 Å². The van der Waals surface area contributed by atoms with Crippen molar-refractivity contribution in [3.05, 3.63) is 71.4 Å². The van der Waals surface area contributed by atoms with Gasteiger partial charge in [0.25, 0.3) is 5.91 Å². The molecule has 1 fully saturated rings. The first kappa shape index (κ1) is 18.2. The maximum atomic E-state index is 14.1. The molecule has 0 radical (unpaired) electrons. The molecule has 1 saturated heterocycles. The highest BCUT2D eigenvalue weighted by Gasteiger charge is 2.33. The van der Waals surface area contributed by atoms with Crippen LogP contribution in [0.15, 0.2) is 47.0 Å². The first-order valence-electron chi connectivity index (χ1n) is 8.88. The number of rotatable bonds is 3. The van der Waals surface area contributed by atoms with Gasteiger partial charge in [0.1, 0.15) is 23.5 Å². The van der Waals surface area contributed by atoms with Gasteiger partial charge < -0.3 is 9.42 Å². The summed E-state index contributed by atoms with van der Waals surface area (Å²) in [6, 6.07) is 8.11. The summed E-state index contributed by atoms with van der Waals surface area (Å²) in [7, 11) is 0. The van der Waals surface area contributed by atoms with Crippen molar-refractivity contribution in [1.29, 1.82) is 0 Å². The number of amides is 1. The molecule has 144 valence electrons. The Morgan fingerprint density at radius 1 is 1.07 bits per heavy atom. The molecule has 5 nitrogen and oxygen atoms in total. The van der Waals surface area contributed by atoms with Gasteiger partial charge in [-0.2, -0.15) is 4.98 Å². The largest absolute Gasteiger partial charge is 0.337 e. The van der Waals surface area contributed by atoms with Crippen molar-refractivity contribution >= 4 is 5.91 Å². The van der Waals surface area contributed by atoms with Crippen molar-refractivity contribution in [3.63, 3.8) is 0 Å². The van der Waals surface area contributed by atoms with Crippen LogP contribution >= 0.6 is 0 Å². The molecule has 2 heterocycles. The summed E-state index contributed by atoms with van der Waals surface area (Å²) in [5.41, 5.74) is 0.242. The zero-order valence-electron chi connectivity index (χ0n) is 14.7. The van der Waals surface area contributed by atoms with Gasteiger partial charge in [-0.1, -0.05) is 17.3 Å². The van der Waals surface area contributed by atoms with Crippen molar-refractivity contribution < 1.29 is 22.5 Å². The lowest BCUT2D eigenvalue weighted by Gasteiger charge is -2.33. The van der Waals surface area contributed by atoms with E-state index in [2.05, 4.69) is 10.1 Å². The van der Waals surface area contributed by atoms with E-state index in [9.17, 15) is 18.0 Å². The monoisotopic (exact) mass is 387 g/mol.